The number of hydrogen-bond acceptors (Lipinski definition) is 1. The second kappa shape index (κ2) is 3.24. The van der Waals surface area contributed by atoms with Crippen molar-refractivity contribution >= 4 is 5.97 Å². The van der Waals surface area contributed by atoms with Gasteiger partial charge in [-0.05, 0) is 6.37 Å². The standard InChI is InChI=1S/C6H10O2/c1-3-4-5(2)6(7)8/h2-4H2,1H3,(H,7,8)/i1D2,2D2,3D2,4D2. The molecule has 0 aromatic rings. The highest BCUT2D eigenvalue weighted by Crippen LogP contribution is 1.99. The molecule has 0 spiro atoms. The fourth-order valence-electron chi connectivity index (χ4n) is 0.126. The van der Waals surface area contributed by atoms with E-state index < -0.39 is 37.7 Å². The van der Waals surface area contributed by atoms with Crippen molar-refractivity contribution in [3.05, 3.63) is 12.1 Å². The minimum Gasteiger partial charge on any atom is -0.478 e. The molecule has 2 nitrogen and oxygen atoms in total. The number of carboxylic acid groups (broad SMARTS) is 1. The summed E-state index contributed by atoms with van der Waals surface area (Å²) in [5.74, 6) is -1.95. The van der Waals surface area contributed by atoms with Gasteiger partial charge in [0.2, 0.25) is 0 Å². The largest absolute Gasteiger partial charge is 0.478 e. The third-order valence-corrected chi connectivity index (χ3v) is 0.411. The first-order valence-corrected chi connectivity index (χ1v) is 1.72. The van der Waals surface area contributed by atoms with Gasteiger partial charge in [0.1, 0.15) is 0 Å². The van der Waals surface area contributed by atoms with E-state index in [1.165, 1.54) is 0 Å². The molecule has 0 aromatic heterocycles. The van der Waals surface area contributed by atoms with E-state index >= 15 is 0 Å². The predicted molar refractivity (Wildman–Crippen MR) is 31.7 cm³/mol. The van der Waals surface area contributed by atoms with E-state index in [1.54, 1.807) is 0 Å². The molecule has 0 radical (unpaired) electrons. The molecule has 0 unspecified atom stereocenters. The average molecular weight is 122 g/mol. The highest BCUT2D eigenvalue weighted by molar-refractivity contribution is 5.85. The Kier molecular flexibility index (Phi) is 0.558. The highest BCUT2D eigenvalue weighted by atomic mass is 16.4. The van der Waals surface area contributed by atoms with Gasteiger partial charge in [-0.2, -0.15) is 0 Å². The zero-order valence-electron chi connectivity index (χ0n) is 11.9. The summed E-state index contributed by atoms with van der Waals surface area (Å²) in [6.07, 6.45) is -6.39. The lowest BCUT2D eigenvalue weighted by Gasteiger charge is -1.92. The van der Waals surface area contributed by atoms with Gasteiger partial charge < -0.3 is 5.11 Å². The van der Waals surface area contributed by atoms with Crippen molar-refractivity contribution in [2.45, 2.75) is 19.6 Å². The van der Waals surface area contributed by atoms with Gasteiger partial charge in [-0.3, -0.25) is 0 Å². The second-order valence-corrected chi connectivity index (χ2v) is 0.949. The monoisotopic (exact) mass is 122 g/mol. The van der Waals surface area contributed by atoms with E-state index in [0.717, 1.165) is 0 Å². The van der Waals surface area contributed by atoms with E-state index in [2.05, 4.69) is 0 Å². The van der Waals surface area contributed by atoms with Gasteiger partial charge in [0.15, 0.2) is 0 Å². The molecule has 0 aliphatic carbocycles. The number of carbonyl (C=O) groups is 1. The van der Waals surface area contributed by atoms with Crippen molar-refractivity contribution in [1.29, 1.82) is 0 Å². The Hall–Kier alpha value is -0.790. The van der Waals surface area contributed by atoms with Crippen LogP contribution in [0.5, 0.6) is 0 Å². The van der Waals surface area contributed by atoms with Crippen molar-refractivity contribution in [3.63, 3.8) is 0 Å². The van der Waals surface area contributed by atoms with Crippen LogP contribution in [0.3, 0.4) is 0 Å². The molecular weight excluding hydrogens is 104 g/mol. The van der Waals surface area contributed by atoms with Crippen LogP contribution < -0.4 is 0 Å². The van der Waals surface area contributed by atoms with Gasteiger partial charge >= 0.3 is 5.97 Å². The van der Waals surface area contributed by atoms with Gasteiger partial charge in [0, 0.05) is 13.8 Å². The fourth-order valence-corrected chi connectivity index (χ4v) is 0.126. The molecule has 2 heteroatoms. The Morgan fingerprint density at radius 2 is 3.00 bits per heavy atom. The lowest BCUT2D eigenvalue weighted by molar-refractivity contribution is -0.132. The summed E-state index contributed by atoms with van der Waals surface area (Å²) < 4.78 is 56.0. The van der Waals surface area contributed by atoms with Gasteiger partial charge in [-0.1, -0.05) is 19.8 Å². The smallest absolute Gasteiger partial charge is 0.330 e. The van der Waals surface area contributed by atoms with Gasteiger partial charge in [0.05, 0.1) is 2.74 Å². The maximum Gasteiger partial charge on any atom is 0.330 e. The lowest BCUT2D eigenvalue weighted by Crippen LogP contribution is -1.97. The van der Waals surface area contributed by atoms with E-state index in [1.807, 2.05) is 0 Å². The normalized spacial score (nSPS) is 26.6. The Morgan fingerprint density at radius 1 is 2.25 bits per heavy atom. The number of aliphatic carboxylic acids is 1. The summed E-state index contributed by atoms with van der Waals surface area (Å²) in [6.45, 7) is -3.67. The van der Waals surface area contributed by atoms with Crippen LogP contribution in [-0.2, 0) is 4.79 Å². The highest BCUT2D eigenvalue weighted by Gasteiger charge is 1.99. The van der Waals surface area contributed by atoms with Crippen LogP contribution in [0.1, 0.15) is 30.6 Å². The van der Waals surface area contributed by atoms with E-state index in [9.17, 15) is 4.79 Å². The molecule has 0 rings (SSSR count). The average Bonchev–Trinajstić information content (AvgIpc) is 2.00. The number of hydrogen-bond donors (Lipinski definition) is 1. The topological polar surface area (TPSA) is 37.3 Å². The molecule has 0 aliphatic heterocycles. The number of carboxylic acids is 1. The first-order chi connectivity index (χ1) is 6.96. The van der Waals surface area contributed by atoms with Crippen LogP contribution >= 0.6 is 0 Å². The molecule has 0 atom stereocenters. The minimum atomic E-state index is -3.26. The van der Waals surface area contributed by atoms with Crippen molar-refractivity contribution in [2.24, 2.45) is 0 Å². The molecule has 46 valence electrons. The zero-order valence-corrected chi connectivity index (χ0v) is 3.93. The summed E-state index contributed by atoms with van der Waals surface area (Å²) in [4.78, 5) is 10.6. The van der Waals surface area contributed by atoms with E-state index in [-0.39, 0.29) is 0 Å². The molecule has 0 bridgehead atoms. The van der Waals surface area contributed by atoms with Crippen LogP contribution in [0.2, 0.25) is 0 Å². The first-order valence-electron chi connectivity index (χ1n) is 5.87. The summed E-state index contributed by atoms with van der Waals surface area (Å²) in [5.41, 5.74) is -1.40. The lowest BCUT2D eigenvalue weighted by atomic mass is 10.2. The molecule has 0 fully saturated rings. The zero-order chi connectivity index (χ0) is 13.3. The first kappa shape index (κ1) is 1.38. The van der Waals surface area contributed by atoms with Crippen molar-refractivity contribution in [2.75, 3.05) is 0 Å². The molecule has 8 heavy (non-hydrogen) atoms. The van der Waals surface area contributed by atoms with Crippen molar-refractivity contribution in [3.8, 4) is 0 Å². The second-order valence-electron chi connectivity index (χ2n) is 0.949. The molecule has 0 aliphatic rings. The summed E-state index contributed by atoms with van der Waals surface area (Å²) >= 11 is 0. The predicted octanol–water partition coefficient (Wildman–Crippen LogP) is 1.43. The van der Waals surface area contributed by atoms with Crippen LogP contribution in [-0.4, -0.2) is 11.1 Å². The number of rotatable bonds is 3. The summed E-state index contributed by atoms with van der Waals surface area (Å²) in [7, 11) is 0. The third kappa shape index (κ3) is 2.39. The Morgan fingerprint density at radius 3 is 3.38 bits per heavy atom. The molecule has 0 heterocycles. The molecule has 0 amide bonds. The molecule has 0 aromatic carbocycles. The SMILES string of the molecule is [2H]C([2H])=C(C(=O)O)C([2H])([2H])C([2H])([2H])C([2H])[2H]. The minimum absolute atomic E-state index is 1.39. The Bertz CT molecular complexity index is 316. The summed E-state index contributed by atoms with van der Waals surface area (Å²) in [5, 5.41) is 8.60. The van der Waals surface area contributed by atoms with Crippen LogP contribution in [0.4, 0.5) is 0 Å². The molecule has 1 N–H and O–H groups in total. The summed E-state index contributed by atoms with van der Waals surface area (Å²) in [6, 6.07) is 0. The van der Waals surface area contributed by atoms with Crippen LogP contribution in [0.25, 0.3) is 0 Å². The van der Waals surface area contributed by atoms with Crippen LogP contribution in [0.15, 0.2) is 12.1 Å². The van der Waals surface area contributed by atoms with E-state index in [4.69, 9.17) is 16.1 Å². The molecule has 0 saturated heterocycles. The Balaban J connectivity index is 5.68. The van der Waals surface area contributed by atoms with Gasteiger partial charge in [0.25, 0.3) is 0 Å². The van der Waals surface area contributed by atoms with Gasteiger partial charge in [-0.15, -0.1) is 0 Å². The van der Waals surface area contributed by atoms with Crippen molar-refractivity contribution < 1.29 is 20.9 Å². The van der Waals surface area contributed by atoms with Gasteiger partial charge in [-0.25, -0.2) is 4.79 Å². The fraction of sp³-hybridized carbons (Fsp3) is 0.500. The quantitative estimate of drug-likeness (QED) is 0.575. The van der Waals surface area contributed by atoms with Crippen LogP contribution in [0, 0.1) is 0 Å². The third-order valence-electron chi connectivity index (χ3n) is 0.411. The maximum atomic E-state index is 10.6. The van der Waals surface area contributed by atoms with Crippen molar-refractivity contribution in [1.82, 2.24) is 0 Å². The maximum absolute atomic E-state index is 10.6. The van der Waals surface area contributed by atoms with E-state index in [0.29, 0.717) is 0 Å². The molecular formula is C6H10O2. The Labute approximate surface area is 60.1 Å². The molecule has 0 saturated carbocycles.